The maximum atomic E-state index is 11.5. The van der Waals surface area contributed by atoms with Crippen molar-refractivity contribution < 1.29 is 9.59 Å². The maximum Gasteiger partial charge on any atom is 0.166 e. The van der Waals surface area contributed by atoms with E-state index in [1.807, 2.05) is 30.3 Å². The topological polar surface area (TPSA) is 34.1 Å². The van der Waals surface area contributed by atoms with E-state index >= 15 is 0 Å². The molecule has 0 unspecified atom stereocenters. The molecule has 2 heteroatoms. The van der Waals surface area contributed by atoms with Crippen LogP contribution in [-0.2, 0) is 9.59 Å². The molecule has 0 heterocycles. The Hall–Kier alpha value is -1.70. The summed E-state index contributed by atoms with van der Waals surface area (Å²) in [6.07, 6.45) is 2.01. The second kappa shape index (κ2) is 5.25. The monoisotopic (exact) mass is 202 g/mol. The fraction of sp³-hybridized carbons (Fsp3) is 0.231. The van der Waals surface area contributed by atoms with Crippen LogP contribution in [0, 0.1) is 0 Å². The van der Waals surface area contributed by atoms with Crippen molar-refractivity contribution in [3.05, 3.63) is 41.5 Å². The van der Waals surface area contributed by atoms with Gasteiger partial charge in [0.25, 0.3) is 0 Å². The third-order valence-corrected chi connectivity index (χ3v) is 2.11. The van der Waals surface area contributed by atoms with Gasteiger partial charge in [-0.15, -0.1) is 0 Å². The van der Waals surface area contributed by atoms with Gasteiger partial charge in [-0.1, -0.05) is 37.3 Å². The highest BCUT2D eigenvalue weighted by atomic mass is 16.1. The van der Waals surface area contributed by atoms with Gasteiger partial charge in [0.15, 0.2) is 11.6 Å². The van der Waals surface area contributed by atoms with Crippen LogP contribution < -0.4 is 0 Å². The number of allylic oxidation sites excluding steroid dienone is 1. The molecule has 1 aromatic rings. The largest absolute Gasteiger partial charge is 0.294 e. The van der Waals surface area contributed by atoms with Gasteiger partial charge in [0, 0.05) is 6.42 Å². The summed E-state index contributed by atoms with van der Waals surface area (Å²) in [5, 5.41) is 0. The highest BCUT2D eigenvalue weighted by Crippen LogP contribution is 2.09. The van der Waals surface area contributed by atoms with Crippen LogP contribution >= 0.6 is 0 Å². The molecule has 0 bridgehead atoms. The lowest BCUT2D eigenvalue weighted by atomic mass is 10.0. The molecule has 0 fully saturated rings. The molecule has 0 aliphatic carbocycles. The van der Waals surface area contributed by atoms with Gasteiger partial charge in [0.1, 0.15) is 0 Å². The molecule has 1 aromatic carbocycles. The van der Waals surface area contributed by atoms with E-state index in [4.69, 9.17) is 0 Å². The third kappa shape index (κ3) is 3.17. The van der Waals surface area contributed by atoms with E-state index < -0.39 is 0 Å². The van der Waals surface area contributed by atoms with Gasteiger partial charge in [0.05, 0.1) is 5.57 Å². The average molecular weight is 202 g/mol. The van der Waals surface area contributed by atoms with E-state index in [2.05, 4.69) is 0 Å². The maximum absolute atomic E-state index is 11.5. The first kappa shape index (κ1) is 11.4. The van der Waals surface area contributed by atoms with Crippen LogP contribution in [0.3, 0.4) is 0 Å². The Kier molecular flexibility index (Phi) is 3.98. The lowest BCUT2D eigenvalue weighted by Crippen LogP contribution is -2.08. The molecule has 0 aromatic heterocycles. The second-order valence-electron chi connectivity index (χ2n) is 3.30. The summed E-state index contributed by atoms with van der Waals surface area (Å²) in [5.74, 6) is -0.281. The van der Waals surface area contributed by atoms with E-state index in [1.54, 1.807) is 13.0 Å². The lowest BCUT2D eigenvalue weighted by molar-refractivity contribution is -0.120. The zero-order chi connectivity index (χ0) is 11.3. The number of carbonyl (C=O) groups is 2. The summed E-state index contributed by atoms with van der Waals surface area (Å²) in [6, 6.07) is 9.38. The molecule has 2 nitrogen and oxygen atoms in total. The highest BCUT2D eigenvalue weighted by molar-refractivity contribution is 6.22. The Morgan fingerprint density at radius 1 is 1.20 bits per heavy atom. The Morgan fingerprint density at radius 3 is 2.27 bits per heavy atom. The molecule has 0 spiro atoms. The van der Waals surface area contributed by atoms with Crippen LogP contribution in [0.4, 0.5) is 0 Å². The molecular weight excluding hydrogens is 188 g/mol. The molecule has 0 amide bonds. The summed E-state index contributed by atoms with van der Waals surface area (Å²) in [6.45, 7) is 3.17. The van der Waals surface area contributed by atoms with Crippen LogP contribution in [0.15, 0.2) is 35.9 Å². The van der Waals surface area contributed by atoms with E-state index in [9.17, 15) is 9.59 Å². The summed E-state index contributed by atoms with van der Waals surface area (Å²) >= 11 is 0. The molecule has 15 heavy (non-hydrogen) atoms. The lowest BCUT2D eigenvalue weighted by Gasteiger charge is -2.00. The summed E-state index contributed by atoms with van der Waals surface area (Å²) in [5.41, 5.74) is 1.16. The van der Waals surface area contributed by atoms with E-state index in [-0.39, 0.29) is 17.1 Å². The predicted molar refractivity (Wildman–Crippen MR) is 60.4 cm³/mol. The van der Waals surface area contributed by atoms with Crippen LogP contribution in [0.5, 0.6) is 0 Å². The first-order chi connectivity index (χ1) is 7.15. The van der Waals surface area contributed by atoms with Gasteiger partial charge in [-0.25, -0.2) is 0 Å². The van der Waals surface area contributed by atoms with Gasteiger partial charge in [-0.3, -0.25) is 9.59 Å². The first-order valence-corrected chi connectivity index (χ1v) is 4.96. The van der Waals surface area contributed by atoms with Crippen molar-refractivity contribution >= 4 is 17.6 Å². The quantitative estimate of drug-likeness (QED) is 0.427. The SMILES string of the molecule is CCC(=O)C(=Cc1ccccc1)C(C)=O. The number of ketones is 2. The standard InChI is InChI=1S/C13H14O2/c1-3-13(15)12(10(2)14)9-11-7-5-4-6-8-11/h4-9H,3H2,1-2H3. The highest BCUT2D eigenvalue weighted by Gasteiger charge is 2.11. The van der Waals surface area contributed by atoms with Crippen molar-refractivity contribution in [2.75, 3.05) is 0 Å². The smallest absolute Gasteiger partial charge is 0.166 e. The van der Waals surface area contributed by atoms with Gasteiger partial charge in [-0.05, 0) is 18.6 Å². The summed E-state index contributed by atoms with van der Waals surface area (Å²) < 4.78 is 0. The molecule has 0 N–H and O–H groups in total. The number of rotatable bonds is 4. The van der Waals surface area contributed by atoms with Crippen molar-refractivity contribution in [2.45, 2.75) is 20.3 Å². The average Bonchev–Trinajstić information content (AvgIpc) is 2.26. The van der Waals surface area contributed by atoms with E-state index in [0.29, 0.717) is 6.42 Å². The minimum atomic E-state index is -0.175. The van der Waals surface area contributed by atoms with Crippen LogP contribution in [0.25, 0.3) is 6.08 Å². The van der Waals surface area contributed by atoms with Gasteiger partial charge in [-0.2, -0.15) is 0 Å². The summed E-state index contributed by atoms with van der Waals surface area (Å²) in [4.78, 5) is 22.7. The van der Waals surface area contributed by atoms with Crippen LogP contribution in [0.1, 0.15) is 25.8 Å². The van der Waals surface area contributed by atoms with E-state index in [0.717, 1.165) is 5.56 Å². The zero-order valence-electron chi connectivity index (χ0n) is 8.99. The zero-order valence-corrected chi connectivity index (χ0v) is 8.99. The molecule has 0 aliphatic heterocycles. The number of benzene rings is 1. The Balaban J connectivity index is 3.05. The Labute approximate surface area is 89.6 Å². The van der Waals surface area contributed by atoms with Crippen molar-refractivity contribution in [3.8, 4) is 0 Å². The third-order valence-electron chi connectivity index (χ3n) is 2.11. The number of hydrogen-bond acceptors (Lipinski definition) is 2. The Bertz CT molecular complexity index is 388. The fourth-order valence-electron chi connectivity index (χ4n) is 1.28. The van der Waals surface area contributed by atoms with Gasteiger partial charge in [0.2, 0.25) is 0 Å². The van der Waals surface area contributed by atoms with Gasteiger partial charge < -0.3 is 0 Å². The molecule has 1 rings (SSSR count). The van der Waals surface area contributed by atoms with Crippen LogP contribution in [0.2, 0.25) is 0 Å². The molecular formula is C13H14O2. The van der Waals surface area contributed by atoms with E-state index in [1.165, 1.54) is 6.92 Å². The predicted octanol–water partition coefficient (Wildman–Crippen LogP) is 2.64. The van der Waals surface area contributed by atoms with Crippen molar-refractivity contribution in [1.29, 1.82) is 0 Å². The molecule has 0 atom stereocenters. The number of Topliss-reactive ketones (excluding diaryl/α,β-unsaturated/α-hetero) is 2. The molecule has 0 aliphatic rings. The normalized spacial score (nSPS) is 11.2. The van der Waals surface area contributed by atoms with Crippen molar-refractivity contribution in [2.24, 2.45) is 0 Å². The fourth-order valence-corrected chi connectivity index (χ4v) is 1.28. The molecule has 0 saturated heterocycles. The second-order valence-corrected chi connectivity index (χ2v) is 3.30. The molecule has 0 radical (unpaired) electrons. The Morgan fingerprint density at radius 2 is 1.80 bits per heavy atom. The molecule has 0 saturated carbocycles. The molecule has 78 valence electrons. The van der Waals surface area contributed by atoms with Gasteiger partial charge >= 0.3 is 0 Å². The minimum absolute atomic E-state index is 0.105. The number of carbonyl (C=O) groups excluding carboxylic acids is 2. The summed E-state index contributed by atoms with van der Waals surface area (Å²) in [7, 11) is 0. The first-order valence-electron chi connectivity index (χ1n) is 4.96. The van der Waals surface area contributed by atoms with Crippen molar-refractivity contribution in [3.63, 3.8) is 0 Å². The number of hydrogen-bond donors (Lipinski definition) is 0. The minimum Gasteiger partial charge on any atom is -0.294 e. The van der Waals surface area contributed by atoms with Crippen LogP contribution in [-0.4, -0.2) is 11.6 Å². The van der Waals surface area contributed by atoms with Crippen molar-refractivity contribution in [1.82, 2.24) is 0 Å².